The van der Waals surface area contributed by atoms with Gasteiger partial charge in [0.05, 0.1) is 16.7 Å². The first-order valence-corrected chi connectivity index (χ1v) is 8.94. The largest absolute Gasteiger partial charge is 0.386 e. The average Bonchev–Trinajstić information content (AvgIpc) is 3.04. The van der Waals surface area contributed by atoms with Crippen LogP contribution in [0.1, 0.15) is 31.2 Å². The van der Waals surface area contributed by atoms with Crippen LogP contribution in [0.5, 0.6) is 0 Å². The van der Waals surface area contributed by atoms with Crippen LogP contribution < -0.4 is 4.90 Å². The van der Waals surface area contributed by atoms with E-state index in [0.717, 1.165) is 44.5 Å². The molecule has 5 heteroatoms. The van der Waals surface area contributed by atoms with Gasteiger partial charge in [0.1, 0.15) is 31.3 Å². The molecule has 3 nitrogen and oxygen atoms in total. The summed E-state index contributed by atoms with van der Waals surface area (Å²) in [5.74, 6) is 0. The highest BCUT2D eigenvalue weighted by Gasteiger charge is 2.50. The molecule has 1 aromatic carbocycles. The summed E-state index contributed by atoms with van der Waals surface area (Å²) in [6.45, 7) is 2.70. The predicted molar refractivity (Wildman–Crippen MR) is 86.8 cm³/mol. The summed E-state index contributed by atoms with van der Waals surface area (Å²) in [5, 5.41) is 12.1. The van der Waals surface area contributed by atoms with Gasteiger partial charge in [-0.2, -0.15) is 0 Å². The average molecular weight is 343 g/mol. The zero-order chi connectivity index (χ0) is 15.3. The van der Waals surface area contributed by atoms with Crippen LogP contribution in [0.4, 0.5) is 0 Å². The fourth-order valence-electron chi connectivity index (χ4n) is 4.46. The van der Waals surface area contributed by atoms with Gasteiger partial charge in [-0.05, 0) is 30.5 Å². The van der Waals surface area contributed by atoms with E-state index < -0.39 is 0 Å². The molecule has 3 aliphatic rings. The molecule has 0 amide bonds. The van der Waals surface area contributed by atoms with Gasteiger partial charge in [0.2, 0.25) is 0 Å². The Labute approximate surface area is 141 Å². The lowest BCUT2D eigenvalue weighted by atomic mass is 9.61. The number of hydrogen-bond acceptors (Lipinski definition) is 2. The van der Waals surface area contributed by atoms with Crippen molar-refractivity contribution in [2.75, 3.05) is 19.7 Å². The van der Waals surface area contributed by atoms with Crippen LogP contribution in [0.15, 0.2) is 18.2 Å². The molecule has 1 aliphatic carbocycles. The van der Waals surface area contributed by atoms with Gasteiger partial charge in [-0.3, -0.25) is 0 Å². The molecule has 4 rings (SSSR count). The second-order valence-electron chi connectivity index (χ2n) is 7.11. The second-order valence-corrected chi connectivity index (χ2v) is 7.92. The predicted octanol–water partition coefficient (Wildman–Crippen LogP) is 1.83. The highest BCUT2D eigenvalue weighted by molar-refractivity contribution is 6.42. The monoisotopic (exact) mass is 342 g/mol. The summed E-state index contributed by atoms with van der Waals surface area (Å²) >= 11 is 12.2. The van der Waals surface area contributed by atoms with Crippen LogP contribution in [0, 0.1) is 0 Å². The third-order valence-electron chi connectivity index (χ3n) is 5.98. The molecule has 0 spiro atoms. The summed E-state index contributed by atoms with van der Waals surface area (Å²) in [7, 11) is 0. The van der Waals surface area contributed by atoms with Gasteiger partial charge in [-0.15, -0.1) is 0 Å². The number of ether oxygens (including phenoxy) is 1. The van der Waals surface area contributed by atoms with E-state index in [2.05, 4.69) is 0 Å². The molecule has 4 atom stereocenters. The lowest BCUT2D eigenvalue weighted by molar-refractivity contribution is -0.923. The van der Waals surface area contributed by atoms with Crippen LogP contribution in [0.25, 0.3) is 0 Å². The summed E-state index contributed by atoms with van der Waals surface area (Å²) in [6, 6.07) is 6.40. The van der Waals surface area contributed by atoms with Gasteiger partial charge in [-0.1, -0.05) is 35.7 Å². The van der Waals surface area contributed by atoms with E-state index in [1.54, 1.807) is 0 Å². The minimum absolute atomic E-state index is 0.135. The number of nitrogens with one attached hydrogen (secondary N) is 1. The molecule has 2 bridgehead atoms. The topological polar surface area (TPSA) is 33.9 Å². The first-order valence-electron chi connectivity index (χ1n) is 8.18. The van der Waals surface area contributed by atoms with Crippen LogP contribution >= 0.6 is 23.2 Å². The van der Waals surface area contributed by atoms with Crippen molar-refractivity contribution in [2.45, 2.75) is 49.3 Å². The Kier molecular flexibility index (Phi) is 3.90. The van der Waals surface area contributed by atoms with Crippen LogP contribution in [0.2, 0.25) is 10.0 Å². The van der Waals surface area contributed by atoms with E-state index in [1.165, 1.54) is 11.3 Å². The molecule has 22 heavy (non-hydrogen) atoms. The Morgan fingerprint density at radius 2 is 2.14 bits per heavy atom. The molecule has 2 aliphatic heterocycles. The standard InChI is InChI=1S/C17H21Cl2NO2/c18-14-3-2-11(6-15(14)19)17(4-1-5-17)16(21)9-20-8-13-7-12(20)10-22-13/h2-3,6,12-13,16,21H,1,4-5,7-10H2/p+1. The Morgan fingerprint density at radius 3 is 2.68 bits per heavy atom. The maximum atomic E-state index is 11.0. The molecule has 1 aromatic rings. The molecule has 1 saturated carbocycles. The number of benzene rings is 1. The summed E-state index contributed by atoms with van der Waals surface area (Å²) in [4.78, 5) is 1.51. The number of fused-ring (bicyclic) bond motifs is 2. The first kappa shape index (κ1) is 15.2. The lowest BCUT2D eigenvalue weighted by Crippen LogP contribution is -3.16. The minimum atomic E-state index is -0.326. The first-order chi connectivity index (χ1) is 10.6. The quantitative estimate of drug-likeness (QED) is 0.875. The van der Waals surface area contributed by atoms with Crippen molar-refractivity contribution >= 4 is 23.2 Å². The van der Waals surface area contributed by atoms with Crippen LogP contribution in [-0.2, 0) is 10.2 Å². The molecule has 0 radical (unpaired) electrons. The zero-order valence-corrected chi connectivity index (χ0v) is 14.0. The van der Waals surface area contributed by atoms with Gasteiger partial charge < -0.3 is 14.7 Å². The van der Waals surface area contributed by atoms with Crippen molar-refractivity contribution in [1.82, 2.24) is 0 Å². The normalized spacial score (nSPS) is 33.7. The summed E-state index contributed by atoms with van der Waals surface area (Å²) in [5.41, 5.74) is 1.00. The van der Waals surface area contributed by atoms with Gasteiger partial charge in [-0.25, -0.2) is 0 Å². The van der Waals surface area contributed by atoms with Crippen LogP contribution in [0.3, 0.4) is 0 Å². The Hall–Kier alpha value is -0.320. The number of quaternary nitrogens is 1. The molecule has 2 N–H and O–H groups in total. The third-order valence-corrected chi connectivity index (χ3v) is 6.72. The van der Waals surface area contributed by atoms with Crippen molar-refractivity contribution in [2.24, 2.45) is 0 Å². The van der Waals surface area contributed by atoms with E-state index in [4.69, 9.17) is 27.9 Å². The van der Waals surface area contributed by atoms with Crippen LogP contribution in [-0.4, -0.2) is 43.1 Å². The lowest BCUT2D eigenvalue weighted by Gasteiger charge is -2.46. The Morgan fingerprint density at radius 1 is 1.32 bits per heavy atom. The maximum absolute atomic E-state index is 11.0. The van der Waals surface area contributed by atoms with Crippen molar-refractivity contribution in [1.29, 1.82) is 0 Å². The Balaban J connectivity index is 1.53. The van der Waals surface area contributed by atoms with Crippen molar-refractivity contribution < 1.29 is 14.7 Å². The van der Waals surface area contributed by atoms with Gasteiger partial charge in [0.15, 0.2) is 0 Å². The maximum Gasteiger partial charge on any atom is 0.114 e. The molecule has 4 unspecified atom stereocenters. The van der Waals surface area contributed by atoms with Gasteiger partial charge >= 0.3 is 0 Å². The van der Waals surface area contributed by atoms with Crippen molar-refractivity contribution in [3.63, 3.8) is 0 Å². The van der Waals surface area contributed by atoms with E-state index in [1.807, 2.05) is 18.2 Å². The molecule has 3 fully saturated rings. The molecule has 0 aromatic heterocycles. The number of aliphatic hydroxyl groups excluding tert-OH is 1. The van der Waals surface area contributed by atoms with E-state index in [-0.39, 0.29) is 11.5 Å². The molecule has 120 valence electrons. The fourth-order valence-corrected chi connectivity index (χ4v) is 4.76. The number of likely N-dealkylation sites (tertiary alicyclic amines) is 1. The fraction of sp³-hybridized carbons (Fsp3) is 0.647. The third kappa shape index (κ3) is 2.38. The highest BCUT2D eigenvalue weighted by atomic mass is 35.5. The minimum Gasteiger partial charge on any atom is -0.386 e. The SMILES string of the molecule is OC(C[NH+]1CC2CC1CO2)C1(c2ccc(Cl)c(Cl)c2)CCC1. The number of morpholine rings is 1. The molecule has 2 heterocycles. The molecular formula is C17H22Cl2NO2+. The number of halogens is 2. The summed E-state index contributed by atoms with van der Waals surface area (Å²) in [6.07, 6.45) is 4.47. The summed E-state index contributed by atoms with van der Waals surface area (Å²) < 4.78 is 5.67. The van der Waals surface area contributed by atoms with Gasteiger partial charge in [0, 0.05) is 11.8 Å². The molecular weight excluding hydrogens is 321 g/mol. The van der Waals surface area contributed by atoms with E-state index in [9.17, 15) is 5.11 Å². The zero-order valence-electron chi connectivity index (χ0n) is 12.5. The molecule has 2 saturated heterocycles. The second kappa shape index (κ2) is 5.64. The smallest absolute Gasteiger partial charge is 0.114 e. The Bertz CT molecular complexity index is 576. The van der Waals surface area contributed by atoms with Crippen molar-refractivity contribution in [3.05, 3.63) is 33.8 Å². The van der Waals surface area contributed by atoms with Gasteiger partial charge in [0.25, 0.3) is 0 Å². The number of aliphatic hydroxyl groups is 1. The van der Waals surface area contributed by atoms with E-state index in [0.29, 0.717) is 22.2 Å². The van der Waals surface area contributed by atoms with Crippen molar-refractivity contribution in [3.8, 4) is 0 Å². The number of rotatable bonds is 4. The number of hydrogen-bond donors (Lipinski definition) is 2. The highest BCUT2D eigenvalue weighted by Crippen LogP contribution is 2.47. The van der Waals surface area contributed by atoms with E-state index >= 15 is 0 Å².